The number of aromatic amines is 1. The van der Waals surface area contributed by atoms with Crippen molar-refractivity contribution in [3.63, 3.8) is 0 Å². The molecule has 0 aliphatic heterocycles. The number of anilines is 1. The largest absolute Gasteiger partial charge is 0.282 e. The molecule has 0 bridgehead atoms. The number of rotatable bonds is 6. The van der Waals surface area contributed by atoms with Gasteiger partial charge in [0.2, 0.25) is 15.8 Å². The van der Waals surface area contributed by atoms with Gasteiger partial charge >= 0.3 is 0 Å². The third-order valence-electron chi connectivity index (χ3n) is 4.74. The second-order valence-electron chi connectivity index (χ2n) is 7.04. The zero-order valence-electron chi connectivity index (χ0n) is 16.7. The molecule has 0 spiro atoms. The van der Waals surface area contributed by atoms with Crippen LogP contribution in [-0.4, -0.2) is 34.3 Å². The SMILES string of the molecule is CC(C)S(=O)(=O)Nc1ccsc1-c1ccc(-c2ccc(-c3nn[nH]n3)cc2)cc1C#N. The number of H-pyrrole nitrogens is 1. The topological polar surface area (TPSA) is 124 Å². The molecule has 2 aromatic heterocycles. The maximum atomic E-state index is 12.3. The fourth-order valence-electron chi connectivity index (χ4n) is 2.98. The smallest absolute Gasteiger partial charge is 0.235 e. The van der Waals surface area contributed by atoms with Gasteiger partial charge in [0, 0.05) is 11.1 Å². The average molecular weight is 451 g/mol. The van der Waals surface area contributed by atoms with Crippen LogP contribution in [-0.2, 0) is 10.0 Å². The minimum atomic E-state index is -3.49. The quantitative estimate of drug-likeness (QED) is 0.452. The summed E-state index contributed by atoms with van der Waals surface area (Å²) in [5.41, 5.74) is 4.27. The van der Waals surface area contributed by atoms with E-state index in [2.05, 4.69) is 31.4 Å². The van der Waals surface area contributed by atoms with Gasteiger partial charge < -0.3 is 0 Å². The highest BCUT2D eigenvalue weighted by molar-refractivity contribution is 7.93. The van der Waals surface area contributed by atoms with Crippen molar-refractivity contribution in [3.05, 3.63) is 59.5 Å². The molecule has 2 N–H and O–H groups in total. The molecule has 0 radical (unpaired) electrons. The van der Waals surface area contributed by atoms with E-state index in [4.69, 9.17) is 0 Å². The lowest BCUT2D eigenvalue weighted by Gasteiger charge is -2.13. The van der Waals surface area contributed by atoms with E-state index in [-0.39, 0.29) is 0 Å². The molecule has 0 aliphatic carbocycles. The van der Waals surface area contributed by atoms with Crippen molar-refractivity contribution >= 4 is 27.0 Å². The number of tetrazole rings is 1. The molecule has 8 nitrogen and oxygen atoms in total. The summed E-state index contributed by atoms with van der Waals surface area (Å²) >= 11 is 1.39. The minimum Gasteiger partial charge on any atom is -0.282 e. The molecule has 0 atom stereocenters. The molecule has 2 aromatic carbocycles. The normalized spacial score (nSPS) is 11.4. The Morgan fingerprint density at radius 1 is 1.06 bits per heavy atom. The van der Waals surface area contributed by atoms with Gasteiger partial charge in [0.15, 0.2) is 0 Å². The van der Waals surface area contributed by atoms with Gasteiger partial charge in [0.1, 0.15) is 0 Å². The lowest BCUT2D eigenvalue weighted by atomic mass is 9.98. The van der Waals surface area contributed by atoms with Crippen molar-refractivity contribution in [1.29, 1.82) is 5.26 Å². The monoisotopic (exact) mass is 450 g/mol. The van der Waals surface area contributed by atoms with Crippen LogP contribution in [0.25, 0.3) is 33.0 Å². The van der Waals surface area contributed by atoms with E-state index >= 15 is 0 Å². The Bertz CT molecular complexity index is 1350. The first kappa shape index (κ1) is 20.7. The van der Waals surface area contributed by atoms with E-state index in [1.165, 1.54) is 11.3 Å². The van der Waals surface area contributed by atoms with Gasteiger partial charge in [-0.3, -0.25) is 4.72 Å². The van der Waals surface area contributed by atoms with Crippen LogP contribution in [0.5, 0.6) is 0 Å². The number of sulfonamides is 1. The molecular weight excluding hydrogens is 432 g/mol. The van der Waals surface area contributed by atoms with Crippen LogP contribution in [0.4, 0.5) is 5.69 Å². The summed E-state index contributed by atoms with van der Waals surface area (Å²) in [5.74, 6) is 0.508. The summed E-state index contributed by atoms with van der Waals surface area (Å²) in [4.78, 5) is 0.708. The Morgan fingerprint density at radius 3 is 2.42 bits per heavy atom. The van der Waals surface area contributed by atoms with Gasteiger partial charge in [0.05, 0.1) is 27.4 Å². The van der Waals surface area contributed by atoms with E-state index in [1.54, 1.807) is 31.4 Å². The third kappa shape index (κ3) is 4.19. The summed E-state index contributed by atoms with van der Waals surface area (Å²) < 4.78 is 27.2. The number of benzene rings is 2. The number of thiophene rings is 1. The molecule has 156 valence electrons. The number of hydrogen-bond acceptors (Lipinski definition) is 7. The standard InChI is InChI=1S/C21H18N6O2S2/c1-13(2)31(28,29)25-19-9-10-30-20(19)18-8-7-16(11-17(18)12-22)14-3-5-15(6-4-14)21-23-26-27-24-21/h3-11,13,25H,1-2H3,(H,23,24,26,27). The van der Waals surface area contributed by atoms with Crippen molar-refractivity contribution in [2.75, 3.05) is 4.72 Å². The summed E-state index contributed by atoms with van der Waals surface area (Å²) in [6, 6.07) is 17.1. The summed E-state index contributed by atoms with van der Waals surface area (Å²) in [6.07, 6.45) is 0. The first-order valence-corrected chi connectivity index (χ1v) is 11.8. The van der Waals surface area contributed by atoms with Gasteiger partial charge in [-0.15, -0.1) is 21.5 Å². The second kappa shape index (κ2) is 8.29. The van der Waals surface area contributed by atoms with Gasteiger partial charge in [-0.05, 0) is 47.7 Å². The number of hydrogen-bond donors (Lipinski definition) is 2. The Labute approximate surface area is 183 Å². The summed E-state index contributed by atoms with van der Waals surface area (Å²) in [6.45, 7) is 3.24. The molecule has 0 saturated heterocycles. The molecule has 0 amide bonds. The summed E-state index contributed by atoms with van der Waals surface area (Å²) in [5, 5.41) is 24.9. The molecule has 0 fully saturated rings. The fourth-order valence-corrected chi connectivity index (χ4v) is 4.65. The molecule has 0 unspecified atom stereocenters. The second-order valence-corrected chi connectivity index (χ2v) is 10.2. The van der Waals surface area contributed by atoms with E-state index in [0.717, 1.165) is 16.7 Å². The number of nitrogens with one attached hydrogen (secondary N) is 2. The first-order valence-electron chi connectivity index (χ1n) is 9.37. The average Bonchev–Trinajstić information content (AvgIpc) is 3.45. The molecule has 0 saturated carbocycles. The van der Waals surface area contributed by atoms with E-state index < -0.39 is 15.3 Å². The van der Waals surface area contributed by atoms with Crippen molar-refractivity contribution in [3.8, 4) is 39.0 Å². The maximum Gasteiger partial charge on any atom is 0.235 e. The Hall–Kier alpha value is -3.55. The Balaban J connectivity index is 1.68. The van der Waals surface area contributed by atoms with Gasteiger partial charge in [0.25, 0.3) is 0 Å². The molecule has 31 heavy (non-hydrogen) atoms. The predicted octanol–water partition coefficient (Wildman–Crippen LogP) is 4.28. The van der Waals surface area contributed by atoms with Crippen LogP contribution in [0.1, 0.15) is 19.4 Å². The van der Waals surface area contributed by atoms with Gasteiger partial charge in [-0.2, -0.15) is 10.5 Å². The van der Waals surface area contributed by atoms with E-state index in [0.29, 0.717) is 27.5 Å². The highest BCUT2D eigenvalue weighted by Gasteiger charge is 2.20. The van der Waals surface area contributed by atoms with Crippen LogP contribution in [0.2, 0.25) is 0 Å². The zero-order chi connectivity index (χ0) is 22.0. The Morgan fingerprint density at radius 2 is 1.77 bits per heavy atom. The molecule has 2 heterocycles. The fraction of sp³-hybridized carbons (Fsp3) is 0.143. The highest BCUT2D eigenvalue weighted by Crippen LogP contribution is 2.38. The molecule has 10 heteroatoms. The molecule has 4 aromatic rings. The van der Waals surface area contributed by atoms with Crippen LogP contribution in [0, 0.1) is 11.3 Å². The number of aromatic nitrogens is 4. The highest BCUT2D eigenvalue weighted by atomic mass is 32.2. The van der Waals surface area contributed by atoms with Gasteiger partial charge in [-0.25, -0.2) is 8.42 Å². The minimum absolute atomic E-state index is 0.465. The first-order chi connectivity index (χ1) is 14.9. The zero-order valence-corrected chi connectivity index (χ0v) is 18.3. The van der Waals surface area contributed by atoms with Gasteiger partial charge in [-0.1, -0.05) is 36.4 Å². The van der Waals surface area contributed by atoms with Crippen LogP contribution >= 0.6 is 11.3 Å². The maximum absolute atomic E-state index is 12.3. The third-order valence-corrected chi connectivity index (χ3v) is 7.44. The predicted molar refractivity (Wildman–Crippen MR) is 121 cm³/mol. The van der Waals surface area contributed by atoms with Crippen LogP contribution < -0.4 is 4.72 Å². The number of nitriles is 1. The van der Waals surface area contributed by atoms with E-state index in [9.17, 15) is 13.7 Å². The molecule has 4 rings (SSSR count). The van der Waals surface area contributed by atoms with Crippen molar-refractivity contribution in [1.82, 2.24) is 20.6 Å². The van der Waals surface area contributed by atoms with Crippen molar-refractivity contribution in [2.24, 2.45) is 0 Å². The summed E-state index contributed by atoms with van der Waals surface area (Å²) in [7, 11) is -3.49. The Kier molecular flexibility index (Phi) is 5.54. The lowest BCUT2D eigenvalue weighted by Crippen LogP contribution is -2.22. The lowest BCUT2D eigenvalue weighted by molar-refractivity contribution is 0.593. The molecular formula is C21H18N6O2S2. The van der Waals surface area contributed by atoms with E-state index in [1.807, 2.05) is 36.4 Å². The van der Waals surface area contributed by atoms with Crippen molar-refractivity contribution < 1.29 is 8.42 Å². The van der Waals surface area contributed by atoms with Crippen LogP contribution in [0.3, 0.4) is 0 Å². The van der Waals surface area contributed by atoms with Crippen molar-refractivity contribution in [2.45, 2.75) is 19.1 Å². The number of nitrogens with zero attached hydrogens (tertiary/aromatic N) is 4. The van der Waals surface area contributed by atoms with Crippen LogP contribution in [0.15, 0.2) is 53.9 Å². The molecule has 0 aliphatic rings.